The van der Waals surface area contributed by atoms with Gasteiger partial charge in [0.25, 0.3) is 5.91 Å². The van der Waals surface area contributed by atoms with Crippen molar-refractivity contribution in [1.82, 2.24) is 15.1 Å². The second-order valence-corrected chi connectivity index (χ2v) is 7.72. The zero-order valence-electron chi connectivity index (χ0n) is 13.9. The number of rotatable bonds is 3. The van der Waals surface area contributed by atoms with Gasteiger partial charge in [-0.25, -0.2) is 0 Å². The predicted molar refractivity (Wildman–Crippen MR) is 107 cm³/mol. The second kappa shape index (κ2) is 7.22. The predicted octanol–water partition coefficient (Wildman–Crippen LogP) is 1.86. The lowest BCUT2D eigenvalue weighted by molar-refractivity contribution is -0.123. The number of para-hydroxylation sites is 1. The Balaban J connectivity index is 1.60. The molecule has 6 nitrogen and oxygen atoms in total. The summed E-state index contributed by atoms with van der Waals surface area (Å²) in [6, 6.07) is 7.03. The van der Waals surface area contributed by atoms with Crippen LogP contribution in [0.5, 0.6) is 0 Å². The van der Waals surface area contributed by atoms with Crippen LogP contribution in [0.3, 0.4) is 0 Å². The number of carbonyl (C=O) groups excluding carboxylic acids is 1. The first kappa shape index (κ1) is 17.3. The van der Waals surface area contributed by atoms with Crippen molar-refractivity contribution in [3.8, 4) is 0 Å². The molecule has 0 spiro atoms. The molecule has 1 aromatic heterocycles. The van der Waals surface area contributed by atoms with E-state index in [1.807, 2.05) is 11.8 Å². The molecule has 0 radical (unpaired) electrons. The Morgan fingerprint density at radius 2 is 2.00 bits per heavy atom. The zero-order valence-corrected chi connectivity index (χ0v) is 15.6. The number of fused-ring (bicyclic) bond motifs is 1. The molecule has 8 heteroatoms. The van der Waals surface area contributed by atoms with E-state index in [9.17, 15) is 9.59 Å². The Morgan fingerprint density at radius 1 is 1.23 bits per heavy atom. The van der Waals surface area contributed by atoms with Gasteiger partial charge in [0.05, 0.1) is 17.6 Å². The molecule has 2 fully saturated rings. The third-order valence-electron chi connectivity index (χ3n) is 4.41. The van der Waals surface area contributed by atoms with E-state index < -0.39 is 0 Å². The summed E-state index contributed by atoms with van der Waals surface area (Å²) in [4.78, 5) is 29.1. The number of thiocarbonyl (C=S) groups is 1. The van der Waals surface area contributed by atoms with Crippen LogP contribution in [0.4, 0.5) is 0 Å². The lowest BCUT2D eigenvalue weighted by Gasteiger charge is -2.29. The molecule has 4 rings (SSSR count). The molecule has 2 aliphatic rings. The van der Waals surface area contributed by atoms with Crippen molar-refractivity contribution in [2.45, 2.75) is 0 Å². The molecule has 0 saturated carbocycles. The number of thioether (sulfide) groups is 1. The van der Waals surface area contributed by atoms with Crippen molar-refractivity contribution in [3.05, 3.63) is 52.0 Å². The summed E-state index contributed by atoms with van der Waals surface area (Å²) in [5, 5.41) is 3.77. The van der Waals surface area contributed by atoms with Gasteiger partial charge in [0.2, 0.25) is 0 Å². The fourth-order valence-electron chi connectivity index (χ4n) is 2.99. The van der Waals surface area contributed by atoms with Crippen LogP contribution in [0.1, 0.15) is 5.56 Å². The standard InChI is InChI=1S/C18H17N3O3S2/c22-16-12(10-24-15-4-2-1-3-13(15)16)9-14-17(23)21(18(25)19-14)11-20-5-7-26-8-6-20/h1-4,9-10H,5-8,11H2,(H,19,25)/b14-9-. The van der Waals surface area contributed by atoms with E-state index in [-0.39, 0.29) is 11.3 Å². The van der Waals surface area contributed by atoms with Crippen LogP contribution in [-0.4, -0.2) is 52.1 Å². The Bertz CT molecular complexity index is 964. The molecule has 0 aliphatic carbocycles. The molecule has 2 aromatic rings. The second-order valence-electron chi connectivity index (χ2n) is 6.11. The highest BCUT2D eigenvalue weighted by Crippen LogP contribution is 2.17. The lowest BCUT2D eigenvalue weighted by Crippen LogP contribution is -2.44. The normalized spacial score (nSPS) is 20.2. The molecule has 2 saturated heterocycles. The molecule has 1 amide bonds. The lowest BCUT2D eigenvalue weighted by atomic mass is 10.1. The fraction of sp³-hybridized carbons (Fsp3) is 0.278. The van der Waals surface area contributed by atoms with E-state index in [4.69, 9.17) is 16.6 Å². The van der Waals surface area contributed by atoms with Gasteiger partial charge < -0.3 is 9.73 Å². The molecular formula is C18H17N3O3S2. The monoisotopic (exact) mass is 387 g/mol. The molecule has 0 bridgehead atoms. The Morgan fingerprint density at radius 3 is 2.81 bits per heavy atom. The van der Waals surface area contributed by atoms with Crippen molar-refractivity contribution in [2.24, 2.45) is 0 Å². The topological polar surface area (TPSA) is 65.8 Å². The number of amides is 1. The third-order valence-corrected chi connectivity index (χ3v) is 5.68. The summed E-state index contributed by atoms with van der Waals surface area (Å²) in [7, 11) is 0. The number of hydrogen-bond acceptors (Lipinski definition) is 6. The largest absolute Gasteiger partial charge is 0.463 e. The van der Waals surface area contributed by atoms with Crippen molar-refractivity contribution in [3.63, 3.8) is 0 Å². The van der Waals surface area contributed by atoms with E-state index in [0.717, 1.165) is 24.6 Å². The van der Waals surface area contributed by atoms with Gasteiger partial charge in [-0.15, -0.1) is 0 Å². The van der Waals surface area contributed by atoms with E-state index in [1.54, 1.807) is 29.2 Å². The van der Waals surface area contributed by atoms with Gasteiger partial charge in [0.15, 0.2) is 10.5 Å². The molecule has 134 valence electrons. The number of nitrogens with one attached hydrogen (secondary N) is 1. The maximum absolute atomic E-state index is 12.7. The molecule has 1 aromatic carbocycles. The number of hydrogen-bond donors (Lipinski definition) is 1. The van der Waals surface area contributed by atoms with Gasteiger partial charge in [-0.1, -0.05) is 12.1 Å². The van der Waals surface area contributed by atoms with Crippen LogP contribution >= 0.6 is 24.0 Å². The first-order valence-electron chi connectivity index (χ1n) is 8.29. The highest BCUT2D eigenvalue weighted by atomic mass is 32.2. The number of carbonyl (C=O) groups is 1. The van der Waals surface area contributed by atoms with Crippen molar-refractivity contribution in [1.29, 1.82) is 0 Å². The zero-order chi connectivity index (χ0) is 18.1. The third kappa shape index (κ3) is 3.27. The number of benzene rings is 1. The summed E-state index contributed by atoms with van der Waals surface area (Å²) in [5.41, 5.74) is 0.958. The summed E-state index contributed by atoms with van der Waals surface area (Å²) >= 11 is 7.22. The molecular weight excluding hydrogens is 370 g/mol. The molecule has 2 aliphatic heterocycles. The van der Waals surface area contributed by atoms with Gasteiger partial charge in [-0.05, 0) is 30.4 Å². The summed E-state index contributed by atoms with van der Waals surface area (Å²) in [6.07, 6.45) is 2.89. The van der Waals surface area contributed by atoms with E-state index in [1.165, 1.54) is 12.3 Å². The Labute approximate surface area is 159 Å². The smallest absolute Gasteiger partial charge is 0.277 e. The Hall–Kier alpha value is -2.16. The summed E-state index contributed by atoms with van der Waals surface area (Å²) < 4.78 is 5.50. The maximum atomic E-state index is 12.7. The van der Waals surface area contributed by atoms with Crippen molar-refractivity contribution >= 4 is 52.0 Å². The maximum Gasteiger partial charge on any atom is 0.277 e. The SMILES string of the molecule is O=C1/C(=C/c2coc3ccccc3c2=O)NC(=S)N1CN1CCSCC1. The van der Waals surface area contributed by atoms with Gasteiger partial charge in [0, 0.05) is 24.6 Å². The average Bonchev–Trinajstić information content (AvgIpc) is 2.92. The van der Waals surface area contributed by atoms with E-state index in [2.05, 4.69) is 10.2 Å². The van der Waals surface area contributed by atoms with Crippen LogP contribution in [0, 0.1) is 0 Å². The molecule has 0 atom stereocenters. The molecule has 26 heavy (non-hydrogen) atoms. The quantitative estimate of drug-likeness (QED) is 0.637. The van der Waals surface area contributed by atoms with E-state index >= 15 is 0 Å². The van der Waals surface area contributed by atoms with Crippen LogP contribution < -0.4 is 10.7 Å². The van der Waals surface area contributed by atoms with Crippen molar-refractivity contribution in [2.75, 3.05) is 31.3 Å². The van der Waals surface area contributed by atoms with Crippen LogP contribution in [0.2, 0.25) is 0 Å². The first-order chi connectivity index (χ1) is 12.6. The van der Waals surface area contributed by atoms with Gasteiger partial charge >= 0.3 is 0 Å². The van der Waals surface area contributed by atoms with Gasteiger partial charge in [-0.3, -0.25) is 19.4 Å². The minimum Gasteiger partial charge on any atom is -0.463 e. The van der Waals surface area contributed by atoms with Gasteiger partial charge in [-0.2, -0.15) is 11.8 Å². The number of nitrogens with zero attached hydrogens (tertiary/aromatic N) is 2. The van der Waals surface area contributed by atoms with E-state index in [0.29, 0.717) is 34.0 Å². The highest BCUT2D eigenvalue weighted by molar-refractivity contribution is 7.99. The van der Waals surface area contributed by atoms with Crippen LogP contribution in [0.15, 0.2) is 45.4 Å². The highest BCUT2D eigenvalue weighted by Gasteiger charge is 2.32. The van der Waals surface area contributed by atoms with Gasteiger partial charge in [0.1, 0.15) is 17.5 Å². The van der Waals surface area contributed by atoms with Crippen LogP contribution in [0.25, 0.3) is 17.0 Å². The van der Waals surface area contributed by atoms with Crippen LogP contribution in [-0.2, 0) is 4.79 Å². The minimum atomic E-state index is -0.221. The van der Waals surface area contributed by atoms with Crippen molar-refractivity contribution < 1.29 is 9.21 Å². The molecule has 1 N–H and O–H groups in total. The molecule has 3 heterocycles. The fourth-order valence-corrected chi connectivity index (χ4v) is 4.22. The minimum absolute atomic E-state index is 0.175. The molecule has 0 unspecified atom stereocenters. The first-order valence-corrected chi connectivity index (χ1v) is 9.85. The summed E-state index contributed by atoms with van der Waals surface area (Å²) in [5.74, 6) is 1.90. The average molecular weight is 387 g/mol. The summed E-state index contributed by atoms with van der Waals surface area (Å²) in [6.45, 7) is 2.34. The Kier molecular flexibility index (Phi) is 4.80.